The Balaban J connectivity index is 1.66. The number of nitrogens with zero attached hydrogens (tertiary/aromatic N) is 1. The first kappa shape index (κ1) is 57.9. The quantitative estimate of drug-likeness (QED) is 0.0368. The first-order chi connectivity index (χ1) is 31.9. The van der Waals surface area contributed by atoms with Crippen molar-refractivity contribution in [1.29, 1.82) is 0 Å². The zero-order valence-corrected chi connectivity index (χ0v) is 42.5. The number of hydrogen-bond donors (Lipinski definition) is 2. The summed E-state index contributed by atoms with van der Waals surface area (Å²) in [5.41, 5.74) is 1.53. The molecule has 1 saturated carbocycles. The minimum absolute atomic E-state index is 0.0127. The number of amides is 1. The first-order valence-corrected chi connectivity index (χ1v) is 24.7. The Labute approximate surface area is 401 Å². The molecule has 1 aliphatic carbocycles. The highest BCUT2D eigenvalue weighted by Crippen LogP contribution is 2.35. The molecule has 2 aliphatic heterocycles. The second-order valence-electron chi connectivity index (χ2n) is 19.8. The molecule has 3 rings (SSSR count). The number of rotatable bonds is 27. The van der Waals surface area contributed by atoms with Gasteiger partial charge in [0.25, 0.3) is 5.91 Å². The maximum absolute atomic E-state index is 14.0. The number of ether oxygens (including phenoxy) is 6. The van der Waals surface area contributed by atoms with Gasteiger partial charge in [0.15, 0.2) is 5.78 Å². The Bertz CT molecular complexity index is 1700. The number of carbonyl (C=O) groups excluding carboxylic acids is 5. The predicted molar refractivity (Wildman–Crippen MR) is 257 cm³/mol. The summed E-state index contributed by atoms with van der Waals surface area (Å²) in [6.45, 7) is 13.5. The van der Waals surface area contributed by atoms with Crippen LogP contribution in [0.25, 0.3) is 0 Å². The monoisotopic (exact) mass is 944 g/mol. The van der Waals surface area contributed by atoms with E-state index in [9.17, 15) is 34.2 Å². The number of esters is 1. The lowest BCUT2D eigenvalue weighted by Crippen LogP contribution is -2.52. The van der Waals surface area contributed by atoms with Crippen LogP contribution in [0.1, 0.15) is 126 Å². The van der Waals surface area contributed by atoms with E-state index in [-0.39, 0.29) is 66.7 Å². The number of methoxy groups -OCH3 is 4. The van der Waals surface area contributed by atoms with Crippen LogP contribution in [-0.2, 0) is 52.4 Å². The molecule has 67 heavy (non-hydrogen) atoms. The van der Waals surface area contributed by atoms with E-state index >= 15 is 0 Å². The Hall–Kier alpha value is -3.37. The van der Waals surface area contributed by atoms with E-state index in [1.165, 1.54) is 18.4 Å². The van der Waals surface area contributed by atoms with E-state index in [4.69, 9.17) is 28.4 Å². The van der Waals surface area contributed by atoms with Gasteiger partial charge in [-0.25, -0.2) is 4.79 Å². The van der Waals surface area contributed by atoms with Crippen LogP contribution in [-0.4, -0.2) is 141 Å². The number of allylic oxidation sites excluding steroid dienone is 6. The molecule has 14 atom stereocenters. The molecule has 0 bridgehead atoms. The fourth-order valence-corrected chi connectivity index (χ4v) is 9.93. The number of Topliss-reactive ketones (excluding diaryl/α,β-unsaturated/α-hetero) is 3. The van der Waals surface area contributed by atoms with Crippen molar-refractivity contribution in [3.8, 4) is 0 Å². The lowest BCUT2D eigenvalue weighted by Gasteiger charge is -2.37. The Kier molecular flexibility index (Phi) is 25.6. The Morgan fingerprint density at radius 3 is 2.18 bits per heavy atom. The molecule has 2 unspecified atom stereocenters. The van der Waals surface area contributed by atoms with Gasteiger partial charge >= 0.3 is 5.97 Å². The molecule has 2 saturated heterocycles. The maximum Gasteiger partial charge on any atom is 0.329 e. The normalized spacial score (nSPS) is 26.9. The maximum atomic E-state index is 14.0. The van der Waals surface area contributed by atoms with Gasteiger partial charge in [-0.15, -0.1) is 0 Å². The van der Waals surface area contributed by atoms with Gasteiger partial charge in [0, 0.05) is 66.3 Å². The van der Waals surface area contributed by atoms with Crippen molar-refractivity contribution in [2.75, 3.05) is 48.2 Å². The third kappa shape index (κ3) is 18.1. The Morgan fingerprint density at radius 2 is 1.55 bits per heavy atom. The summed E-state index contributed by atoms with van der Waals surface area (Å²) in [6, 6.07) is -1.02. The number of hydrogen-bond acceptors (Lipinski definition) is 13. The van der Waals surface area contributed by atoms with Crippen LogP contribution in [0, 0.1) is 35.5 Å². The molecule has 0 aromatic carbocycles. The van der Waals surface area contributed by atoms with Crippen molar-refractivity contribution in [2.45, 2.75) is 174 Å². The third-order valence-corrected chi connectivity index (χ3v) is 14.3. The van der Waals surface area contributed by atoms with Gasteiger partial charge in [-0.1, -0.05) is 71.1 Å². The van der Waals surface area contributed by atoms with Crippen molar-refractivity contribution < 1.29 is 62.6 Å². The van der Waals surface area contributed by atoms with Crippen molar-refractivity contribution >= 4 is 29.2 Å². The van der Waals surface area contributed by atoms with Crippen LogP contribution in [0.3, 0.4) is 0 Å². The molecular formula is C53H85NO13. The summed E-state index contributed by atoms with van der Waals surface area (Å²) in [6.07, 6.45) is 16.5. The van der Waals surface area contributed by atoms with E-state index in [2.05, 4.69) is 19.9 Å². The number of piperidine rings is 1. The zero-order valence-electron chi connectivity index (χ0n) is 42.5. The van der Waals surface area contributed by atoms with Crippen LogP contribution in [0.5, 0.6) is 0 Å². The van der Waals surface area contributed by atoms with Gasteiger partial charge in [-0.05, 0) is 113 Å². The number of carbonyl (C=O) groups is 5. The fraction of sp³-hybridized carbons (Fsp3) is 0.755. The lowest BCUT2D eigenvalue weighted by atomic mass is 9.78. The summed E-state index contributed by atoms with van der Waals surface area (Å²) >= 11 is 0. The van der Waals surface area contributed by atoms with Crippen molar-refractivity contribution in [3.63, 3.8) is 0 Å². The topological polar surface area (TPSA) is 184 Å². The number of aliphatic hydroxyl groups is 2. The van der Waals surface area contributed by atoms with Gasteiger partial charge in [-0.3, -0.25) is 19.2 Å². The molecule has 2 heterocycles. The SMILES string of the molecule is CO[C@@H](C[C@@H]1CC[C@@H](C)CO1)/C(C)=C/C=C/C=C/[C@@H](C)C[C@@H](C)C(=O)[C@H](OC)[C@H](O)/C(C)=C/[C@@H](C)C(=O)CC(OC(=O)[C@@H]1CCCCN1C(=O)C(=O)CO)[C@H](C)CC1CC[C@@H](OC)[C@H](OC)C1. The van der Waals surface area contributed by atoms with Crippen molar-refractivity contribution in [3.05, 3.63) is 47.6 Å². The van der Waals surface area contributed by atoms with Crippen LogP contribution in [0.2, 0.25) is 0 Å². The molecule has 0 aromatic heterocycles. The highest BCUT2D eigenvalue weighted by atomic mass is 16.5. The molecule has 380 valence electrons. The zero-order chi connectivity index (χ0) is 49.8. The van der Waals surface area contributed by atoms with Crippen LogP contribution in [0.15, 0.2) is 47.6 Å². The molecule has 3 fully saturated rings. The molecule has 0 aromatic rings. The van der Waals surface area contributed by atoms with Crippen LogP contribution in [0.4, 0.5) is 0 Å². The molecule has 0 radical (unpaired) electrons. The summed E-state index contributed by atoms with van der Waals surface area (Å²) < 4.78 is 34.9. The van der Waals surface area contributed by atoms with E-state index in [0.29, 0.717) is 43.6 Å². The van der Waals surface area contributed by atoms with E-state index < -0.39 is 60.5 Å². The average Bonchev–Trinajstić information content (AvgIpc) is 3.32. The van der Waals surface area contributed by atoms with Crippen LogP contribution >= 0.6 is 0 Å². The second kappa shape index (κ2) is 29.6. The molecule has 2 N–H and O–H groups in total. The number of ketones is 3. The van der Waals surface area contributed by atoms with E-state index in [1.807, 2.05) is 45.1 Å². The standard InChI is InChI=1S/C53H85NO13/c1-33(17-13-12-14-18-35(3)46(63-9)29-41-22-20-34(2)32-66-41)25-38(6)49(58)51(65-11)50(59)39(7)26-36(4)43(56)30-47(37(5)27-40-21-23-45(62-8)48(28-40)64-10)67-53(61)42-19-15-16-24-54(42)52(60)44(57)31-55/h12-14,17-18,26,33-34,36-38,40-42,45-48,50-51,55,59H,15-16,19-25,27-32H2,1-11H3/b14-12+,17-13+,35-18+,39-26+/t33-,34-,36-,37-,38-,40?,41+,42+,45-,46+,47?,48-,50-,51+/m1/s1. The minimum Gasteiger partial charge on any atom is -0.460 e. The summed E-state index contributed by atoms with van der Waals surface area (Å²) in [5.74, 6) is -3.63. The van der Waals surface area contributed by atoms with Gasteiger partial charge in [0.2, 0.25) is 5.78 Å². The van der Waals surface area contributed by atoms with Crippen LogP contribution < -0.4 is 0 Å². The fourth-order valence-electron chi connectivity index (χ4n) is 9.93. The smallest absolute Gasteiger partial charge is 0.329 e. The number of aliphatic hydroxyl groups excluding tert-OH is 2. The second-order valence-corrected chi connectivity index (χ2v) is 19.8. The first-order valence-electron chi connectivity index (χ1n) is 24.7. The van der Waals surface area contributed by atoms with Crippen molar-refractivity contribution in [1.82, 2.24) is 4.90 Å². The summed E-state index contributed by atoms with van der Waals surface area (Å²) in [4.78, 5) is 67.8. The minimum atomic E-state index is -1.30. The van der Waals surface area contributed by atoms with Crippen molar-refractivity contribution in [2.24, 2.45) is 35.5 Å². The highest BCUT2D eigenvalue weighted by molar-refractivity contribution is 6.37. The van der Waals surface area contributed by atoms with Gasteiger partial charge in [0.05, 0.1) is 24.4 Å². The molecule has 3 aliphatic rings. The largest absolute Gasteiger partial charge is 0.460 e. The third-order valence-electron chi connectivity index (χ3n) is 14.3. The molecular weight excluding hydrogens is 859 g/mol. The molecule has 14 nitrogen and oxygen atoms in total. The molecule has 0 spiro atoms. The van der Waals surface area contributed by atoms with Gasteiger partial charge in [0.1, 0.15) is 36.7 Å². The highest BCUT2D eigenvalue weighted by Gasteiger charge is 2.40. The molecule has 1 amide bonds. The molecule has 14 heteroatoms. The summed E-state index contributed by atoms with van der Waals surface area (Å²) in [7, 11) is 6.46. The van der Waals surface area contributed by atoms with Gasteiger partial charge in [-0.2, -0.15) is 0 Å². The lowest BCUT2D eigenvalue weighted by molar-refractivity contribution is -0.166. The predicted octanol–water partition coefficient (Wildman–Crippen LogP) is 7.12. The number of likely N-dealkylation sites (tertiary alicyclic amines) is 1. The van der Waals surface area contributed by atoms with E-state index in [1.54, 1.807) is 41.3 Å². The van der Waals surface area contributed by atoms with E-state index in [0.717, 1.165) is 44.3 Å². The Morgan fingerprint density at radius 1 is 0.836 bits per heavy atom. The average molecular weight is 944 g/mol. The summed E-state index contributed by atoms with van der Waals surface area (Å²) in [5, 5.41) is 20.8. The van der Waals surface area contributed by atoms with Gasteiger partial charge < -0.3 is 43.5 Å².